The van der Waals surface area contributed by atoms with Gasteiger partial charge in [-0.2, -0.15) is 0 Å². The topological polar surface area (TPSA) is 64.8 Å². The van der Waals surface area contributed by atoms with Crippen molar-refractivity contribution in [2.45, 2.75) is 0 Å². The van der Waals surface area contributed by atoms with Gasteiger partial charge in [0.05, 0.1) is 5.56 Å². The van der Waals surface area contributed by atoms with Gasteiger partial charge in [-0.1, -0.05) is 6.07 Å². The van der Waals surface area contributed by atoms with E-state index >= 15 is 0 Å². The minimum atomic E-state index is -0.411. The van der Waals surface area contributed by atoms with Crippen LogP contribution in [0.25, 0.3) is 0 Å². The zero-order valence-corrected chi connectivity index (χ0v) is 11.3. The maximum Gasteiger partial charge on any atom is 0.260 e. The molecule has 0 saturated heterocycles. The summed E-state index contributed by atoms with van der Waals surface area (Å²) in [5.41, 5.74) is 6.89. The number of carbonyl (C=O) groups is 1. The van der Waals surface area contributed by atoms with Gasteiger partial charge in [0, 0.05) is 24.5 Å². The van der Waals surface area contributed by atoms with Crippen LogP contribution in [0.15, 0.2) is 36.4 Å². The SMILES string of the molecule is CN(C(=O)c1cc2c(cc1N)OCO2)c1cccc(F)c1. The molecular weight excluding hydrogens is 275 g/mol. The molecule has 6 heteroatoms. The number of hydrogen-bond acceptors (Lipinski definition) is 4. The van der Waals surface area contributed by atoms with Crippen molar-refractivity contribution >= 4 is 17.3 Å². The molecule has 2 aromatic carbocycles. The number of hydrogen-bond donors (Lipinski definition) is 1. The highest BCUT2D eigenvalue weighted by atomic mass is 19.1. The van der Waals surface area contributed by atoms with Crippen molar-refractivity contribution in [1.29, 1.82) is 0 Å². The number of amides is 1. The Kier molecular flexibility index (Phi) is 3.13. The van der Waals surface area contributed by atoms with Crippen LogP contribution in [0.1, 0.15) is 10.4 Å². The van der Waals surface area contributed by atoms with Gasteiger partial charge < -0.3 is 20.1 Å². The maximum atomic E-state index is 13.3. The molecule has 0 bridgehead atoms. The van der Waals surface area contributed by atoms with Gasteiger partial charge in [0.2, 0.25) is 6.79 Å². The standard InChI is InChI=1S/C15H13FN2O3/c1-18(10-4-2-3-9(16)5-10)15(19)11-6-13-14(7-12(11)17)21-8-20-13/h2-7H,8,17H2,1H3. The summed E-state index contributed by atoms with van der Waals surface area (Å²) in [5, 5.41) is 0. The molecule has 1 heterocycles. The largest absolute Gasteiger partial charge is 0.454 e. The van der Waals surface area contributed by atoms with Crippen LogP contribution in [-0.2, 0) is 0 Å². The van der Waals surface area contributed by atoms with Crippen LogP contribution in [0.5, 0.6) is 11.5 Å². The summed E-state index contributed by atoms with van der Waals surface area (Å²) in [6, 6.07) is 8.87. The first-order valence-corrected chi connectivity index (χ1v) is 6.29. The van der Waals surface area contributed by atoms with E-state index in [1.54, 1.807) is 19.2 Å². The molecule has 0 unspecified atom stereocenters. The fourth-order valence-corrected chi connectivity index (χ4v) is 2.13. The highest BCUT2D eigenvalue weighted by molar-refractivity contribution is 6.09. The number of nitrogen functional groups attached to an aromatic ring is 1. The summed E-state index contributed by atoms with van der Waals surface area (Å²) in [6.07, 6.45) is 0. The quantitative estimate of drug-likeness (QED) is 0.862. The Morgan fingerprint density at radius 2 is 1.95 bits per heavy atom. The minimum Gasteiger partial charge on any atom is -0.454 e. The number of carbonyl (C=O) groups excluding carboxylic acids is 1. The number of rotatable bonds is 2. The Labute approximate surface area is 120 Å². The summed E-state index contributed by atoms with van der Waals surface area (Å²) in [7, 11) is 1.56. The average molecular weight is 288 g/mol. The van der Waals surface area contributed by atoms with E-state index < -0.39 is 5.82 Å². The predicted octanol–water partition coefficient (Wildman–Crippen LogP) is 2.41. The summed E-state index contributed by atoms with van der Waals surface area (Å²) < 4.78 is 23.7. The Hall–Kier alpha value is -2.76. The molecule has 108 valence electrons. The number of ether oxygens (including phenoxy) is 2. The van der Waals surface area contributed by atoms with E-state index in [2.05, 4.69) is 0 Å². The molecule has 0 fully saturated rings. The van der Waals surface area contributed by atoms with Crippen LogP contribution >= 0.6 is 0 Å². The molecule has 1 aliphatic heterocycles. The Morgan fingerprint density at radius 1 is 1.24 bits per heavy atom. The Balaban J connectivity index is 1.95. The van der Waals surface area contributed by atoms with Gasteiger partial charge in [0.15, 0.2) is 11.5 Å². The number of halogens is 1. The Bertz CT molecular complexity index is 718. The smallest absolute Gasteiger partial charge is 0.260 e. The maximum absolute atomic E-state index is 13.3. The molecule has 2 N–H and O–H groups in total. The molecule has 0 atom stereocenters. The number of nitrogens with zero attached hydrogens (tertiary/aromatic N) is 1. The first-order chi connectivity index (χ1) is 10.1. The number of anilines is 2. The third-order valence-electron chi connectivity index (χ3n) is 3.28. The van der Waals surface area contributed by atoms with Crippen LogP contribution in [0.2, 0.25) is 0 Å². The van der Waals surface area contributed by atoms with Crippen LogP contribution in [-0.4, -0.2) is 19.7 Å². The van der Waals surface area contributed by atoms with Crippen molar-refractivity contribution in [3.63, 3.8) is 0 Å². The van der Waals surface area contributed by atoms with Gasteiger partial charge in [-0.25, -0.2) is 4.39 Å². The van der Waals surface area contributed by atoms with E-state index in [4.69, 9.17) is 15.2 Å². The zero-order chi connectivity index (χ0) is 15.0. The second kappa shape index (κ2) is 4.97. The lowest BCUT2D eigenvalue weighted by Gasteiger charge is -2.18. The molecule has 0 aliphatic carbocycles. The Morgan fingerprint density at radius 3 is 2.67 bits per heavy atom. The summed E-state index contributed by atoms with van der Waals surface area (Å²) in [5.74, 6) is 0.222. The molecule has 2 aromatic rings. The van der Waals surface area contributed by atoms with Crippen molar-refractivity contribution in [1.82, 2.24) is 0 Å². The lowest BCUT2D eigenvalue weighted by atomic mass is 10.1. The first-order valence-electron chi connectivity index (χ1n) is 6.29. The van der Waals surface area contributed by atoms with Crippen LogP contribution < -0.4 is 20.1 Å². The summed E-state index contributed by atoms with van der Waals surface area (Å²) in [4.78, 5) is 13.8. The molecule has 0 saturated carbocycles. The van der Waals surface area contributed by atoms with Gasteiger partial charge in [-0.15, -0.1) is 0 Å². The highest BCUT2D eigenvalue weighted by Gasteiger charge is 2.22. The van der Waals surface area contributed by atoms with Gasteiger partial charge in [0.25, 0.3) is 5.91 Å². The lowest BCUT2D eigenvalue weighted by molar-refractivity contribution is 0.0993. The number of benzene rings is 2. The van der Waals surface area contributed by atoms with E-state index in [9.17, 15) is 9.18 Å². The van der Waals surface area contributed by atoms with Crippen LogP contribution in [0.4, 0.5) is 15.8 Å². The van der Waals surface area contributed by atoms with Crippen LogP contribution in [0.3, 0.4) is 0 Å². The molecule has 1 aliphatic rings. The fraction of sp³-hybridized carbons (Fsp3) is 0.133. The molecule has 0 spiro atoms. The number of fused-ring (bicyclic) bond motifs is 1. The highest BCUT2D eigenvalue weighted by Crippen LogP contribution is 2.36. The molecule has 0 aromatic heterocycles. The van der Waals surface area contributed by atoms with Crippen LogP contribution in [0, 0.1) is 5.82 Å². The monoisotopic (exact) mass is 288 g/mol. The van der Waals surface area contributed by atoms with Gasteiger partial charge >= 0.3 is 0 Å². The predicted molar refractivity (Wildman–Crippen MR) is 76.1 cm³/mol. The lowest BCUT2D eigenvalue weighted by Crippen LogP contribution is -2.27. The van der Waals surface area contributed by atoms with E-state index in [1.165, 1.54) is 29.2 Å². The van der Waals surface area contributed by atoms with E-state index in [1.807, 2.05) is 0 Å². The molecule has 1 amide bonds. The molecule has 0 radical (unpaired) electrons. The average Bonchev–Trinajstić information content (AvgIpc) is 2.92. The van der Waals surface area contributed by atoms with E-state index in [0.29, 0.717) is 17.2 Å². The number of nitrogens with two attached hydrogens (primary N) is 1. The van der Waals surface area contributed by atoms with Crippen molar-refractivity contribution < 1.29 is 18.7 Å². The van der Waals surface area contributed by atoms with Crippen molar-refractivity contribution in [3.05, 3.63) is 47.8 Å². The van der Waals surface area contributed by atoms with Gasteiger partial charge in [-0.05, 0) is 24.3 Å². The van der Waals surface area contributed by atoms with Crippen molar-refractivity contribution in [2.24, 2.45) is 0 Å². The molecule has 5 nitrogen and oxygen atoms in total. The molecule has 21 heavy (non-hydrogen) atoms. The minimum absolute atomic E-state index is 0.103. The van der Waals surface area contributed by atoms with Crippen molar-refractivity contribution in [3.8, 4) is 11.5 Å². The van der Waals surface area contributed by atoms with Crippen molar-refractivity contribution in [2.75, 3.05) is 24.5 Å². The van der Waals surface area contributed by atoms with Gasteiger partial charge in [0.1, 0.15) is 5.82 Å². The second-order valence-electron chi connectivity index (χ2n) is 4.64. The summed E-state index contributed by atoms with van der Waals surface area (Å²) in [6.45, 7) is 0.103. The van der Waals surface area contributed by atoms with E-state index in [0.717, 1.165) is 0 Å². The summed E-state index contributed by atoms with van der Waals surface area (Å²) >= 11 is 0. The fourth-order valence-electron chi connectivity index (χ4n) is 2.13. The van der Waals surface area contributed by atoms with Gasteiger partial charge in [-0.3, -0.25) is 4.79 Å². The third kappa shape index (κ3) is 2.35. The normalized spacial score (nSPS) is 12.3. The van der Waals surface area contributed by atoms with E-state index in [-0.39, 0.29) is 24.0 Å². The zero-order valence-electron chi connectivity index (χ0n) is 11.3. The third-order valence-corrected chi connectivity index (χ3v) is 3.28. The molecular formula is C15H13FN2O3. The second-order valence-corrected chi connectivity index (χ2v) is 4.64. The molecule has 3 rings (SSSR count). The first kappa shape index (κ1) is 13.2.